The lowest BCUT2D eigenvalue weighted by atomic mass is 10.2. The van der Waals surface area contributed by atoms with Crippen LogP contribution < -0.4 is 5.32 Å². The Bertz CT molecular complexity index is 421. The van der Waals surface area contributed by atoms with Gasteiger partial charge in [0.05, 0.1) is 19.4 Å². The lowest BCUT2D eigenvalue weighted by molar-refractivity contribution is 0.413. The molecule has 2 aromatic rings. The summed E-state index contributed by atoms with van der Waals surface area (Å²) < 4.78 is 7.16. The Hall–Kier alpha value is -1.62. The molecule has 1 N–H and O–H groups in total. The van der Waals surface area contributed by atoms with E-state index in [1.165, 1.54) is 5.56 Å². The number of nitrogens with zero attached hydrogens (tertiary/aromatic N) is 3. The minimum absolute atomic E-state index is 0.325. The van der Waals surface area contributed by atoms with E-state index in [2.05, 4.69) is 22.3 Å². The second kappa shape index (κ2) is 4.94. The monoisotopic (exact) mass is 220 g/mol. The standard InChI is InChI=1S/C11H16N4O/c1-9-3-4-16-11(9)5-13-10(2)6-15-8-12-7-14-15/h3-4,7-8,10,13H,5-6H2,1-2H3/t10-/m0/s1. The highest BCUT2D eigenvalue weighted by Gasteiger charge is 2.06. The maximum Gasteiger partial charge on any atom is 0.137 e. The Balaban J connectivity index is 1.80. The van der Waals surface area contributed by atoms with Gasteiger partial charge in [0, 0.05) is 6.04 Å². The Morgan fingerprint density at radius 1 is 1.56 bits per heavy atom. The van der Waals surface area contributed by atoms with Crippen LogP contribution in [0.2, 0.25) is 0 Å². The fourth-order valence-electron chi connectivity index (χ4n) is 1.52. The van der Waals surface area contributed by atoms with Crippen molar-refractivity contribution in [3.8, 4) is 0 Å². The maximum atomic E-state index is 5.35. The van der Waals surface area contributed by atoms with Crippen LogP contribution >= 0.6 is 0 Å². The summed E-state index contributed by atoms with van der Waals surface area (Å²) in [6, 6.07) is 2.30. The molecule has 16 heavy (non-hydrogen) atoms. The van der Waals surface area contributed by atoms with Gasteiger partial charge >= 0.3 is 0 Å². The van der Waals surface area contributed by atoms with Gasteiger partial charge in [0.15, 0.2) is 0 Å². The Labute approximate surface area is 94.5 Å². The number of hydrogen-bond acceptors (Lipinski definition) is 4. The fraction of sp³-hybridized carbons (Fsp3) is 0.455. The van der Waals surface area contributed by atoms with E-state index >= 15 is 0 Å². The van der Waals surface area contributed by atoms with Crippen molar-refractivity contribution in [2.45, 2.75) is 33.0 Å². The zero-order chi connectivity index (χ0) is 11.4. The smallest absolute Gasteiger partial charge is 0.137 e. The Morgan fingerprint density at radius 2 is 2.44 bits per heavy atom. The first-order valence-corrected chi connectivity index (χ1v) is 5.34. The summed E-state index contributed by atoms with van der Waals surface area (Å²) in [6.07, 6.45) is 4.98. The molecule has 0 unspecified atom stereocenters. The largest absolute Gasteiger partial charge is 0.468 e. The van der Waals surface area contributed by atoms with E-state index in [-0.39, 0.29) is 0 Å². The van der Waals surface area contributed by atoms with Crippen molar-refractivity contribution in [3.05, 3.63) is 36.3 Å². The number of rotatable bonds is 5. The van der Waals surface area contributed by atoms with Gasteiger partial charge in [0.2, 0.25) is 0 Å². The molecule has 0 aliphatic heterocycles. The molecule has 0 fully saturated rings. The third kappa shape index (κ3) is 2.70. The molecule has 1 atom stereocenters. The van der Waals surface area contributed by atoms with Crippen LogP contribution in [0.25, 0.3) is 0 Å². The molecule has 0 saturated carbocycles. The first kappa shape index (κ1) is 10.9. The van der Waals surface area contributed by atoms with E-state index in [0.29, 0.717) is 6.04 Å². The quantitative estimate of drug-likeness (QED) is 0.826. The summed E-state index contributed by atoms with van der Waals surface area (Å²) in [5.74, 6) is 0.991. The van der Waals surface area contributed by atoms with Crippen molar-refractivity contribution in [2.24, 2.45) is 0 Å². The highest BCUT2D eigenvalue weighted by molar-refractivity contribution is 5.14. The normalized spacial score (nSPS) is 12.9. The predicted octanol–water partition coefficient (Wildman–Crippen LogP) is 1.36. The van der Waals surface area contributed by atoms with Crippen LogP contribution in [0.5, 0.6) is 0 Å². The molecule has 0 saturated heterocycles. The van der Waals surface area contributed by atoms with Crippen LogP contribution in [-0.2, 0) is 13.1 Å². The lowest BCUT2D eigenvalue weighted by Gasteiger charge is -2.12. The van der Waals surface area contributed by atoms with Crippen molar-refractivity contribution in [2.75, 3.05) is 0 Å². The van der Waals surface area contributed by atoms with Gasteiger partial charge in [-0.1, -0.05) is 0 Å². The van der Waals surface area contributed by atoms with Crippen molar-refractivity contribution in [1.29, 1.82) is 0 Å². The molecule has 5 heteroatoms. The number of aromatic nitrogens is 3. The van der Waals surface area contributed by atoms with Crippen LogP contribution in [-0.4, -0.2) is 20.8 Å². The van der Waals surface area contributed by atoms with Crippen molar-refractivity contribution < 1.29 is 4.42 Å². The summed E-state index contributed by atoms with van der Waals surface area (Å²) >= 11 is 0. The van der Waals surface area contributed by atoms with Crippen LogP contribution in [0.15, 0.2) is 29.4 Å². The SMILES string of the molecule is Cc1ccoc1CN[C@@H](C)Cn1cncn1. The molecule has 0 aromatic carbocycles. The summed E-state index contributed by atoms with van der Waals surface area (Å²) in [5.41, 5.74) is 1.18. The summed E-state index contributed by atoms with van der Waals surface area (Å²) in [5, 5.41) is 7.44. The van der Waals surface area contributed by atoms with Gasteiger partial charge in [-0.15, -0.1) is 0 Å². The molecule has 0 bridgehead atoms. The van der Waals surface area contributed by atoms with Gasteiger partial charge in [-0.25, -0.2) is 4.98 Å². The van der Waals surface area contributed by atoms with E-state index in [4.69, 9.17) is 4.42 Å². The average Bonchev–Trinajstić information content (AvgIpc) is 2.87. The number of nitrogens with one attached hydrogen (secondary N) is 1. The molecule has 2 aromatic heterocycles. The van der Waals surface area contributed by atoms with Gasteiger partial charge < -0.3 is 9.73 Å². The summed E-state index contributed by atoms with van der Waals surface area (Å²) in [7, 11) is 0. The highest BCUT2D eigenvalue weighted by atomic mass is 16.3. The molecule has 0 aliphatic rings. The lowest BCUT2D eigenvalue weighted by Crippen LogP contribution is -2.30. The molecular weight excluding hydrogens is 204 g/mol. The van der Waals surface area contributed by atoms with E-state index in [9.17, 15) is 0 Å². The molecule has 86 valence electrons. The zero-order valence-corrected chi connectivity index (χ0v) is 9.55. The van der Waals surface area contributed by atoms with Crippen molar-refractivity contribution >= 4 is 0 Å². The number of aryl methyl sites for hydroxylation is 1. The van der Waals surface area contributed by atoms with E-state index in [1.807, 2.05) is 17.7 Å². The average molecular weight is 220 g/mol. The maximum absolute atomic E-state index is 5.35. The topological polar surface area (TPSA) is 55.9 Å². The minimum Gasteiger partial charge on any atom is -0.468 e. The van der Waals surface area contributed by atoms with Gasteiger partial charge in [0.25, 0.3) is 0 Å². The molecule has 2 rings (SSSR count). The molecule has 5 nitrogen and oxygen atoms in total. The zero-order valence-electron chi connectivity index (χ0n) is 9.55. The number of hydrogen-bond donors (Lipinski definition) is 1. The first-order chi connectivity index (χ1) is 7.75. The molecule has 2 heterocycles. The first-order valence-electron chi connectivity index (χ1n) is 5.34. The van der Waals surface area contributed by atoms with Gasteiger partial charge in [0.1, 0.15) is 18.4 Å². The molecule has 0 spiro atoms. The third-order valence-electron chi connectivity index (χ3n) is 2.51. The minimum atomic E-state index is 0.325. The molecule has 0 aliphatic carbocycles. The summed E-state index contributed by atoms with van der Waals surface area (Å²) in [6.45, 7) is 5.71. The van der Waals surface area contributed by atoms with Gasteiger partial charge in [-0.3, -0.25) is 4.68 Å². The molecule has 0 amide bonds. The van der Waals surface area contributed by atoms with Gasteiger partial charge in [-0.2, -0.15) is 5.10 Å². The fourth-order valence-corrected chi connectivity index (χ4v) is 1.52. The highest BCUT2D eigenvalue weighted by Crippen LogP contribution is 2.08. The summed E-state index contributed by atoms with van der Waals surface area (Å²) in [4.78, 5) is 3.90. The van der Waals surface area contributed by atoms with E-state index < -0.39 is 0 Å². The van der Waals surface area contributed by atoms with Gasteiger partial charge in [-0.05, 0) is 25.5 Å². The van der Waals surface area contributed by atoms with E-state index in [1.54, 1.807) is 18.9 Å². The Morgan fingerprint density at radius 3 is 3.06 bits per heavy atom. The predicted molar refractivity (Wildman–Crippen MR) is 59.8 cm³/mol. The van der Waals surface area contributed by atoms with E-state index in [0.717, 1.165) is 18.8 Å². The van der Waals surface area contributed by atoms with Crippen LogP contribution in [0, 0.1) is 6.92 Å². The van der Waals surface area contributed by atoms with Crippen LogP contribution in [0.1, 0.15) is 18.2 Å². The molecule has 0 radical (unpaired) electrons. The Kier molecular flexibility index (Phi) is 3.36. The van der Waals surface area contributed by atoms with Crippen LogP contribution in [0.3, 0.4) is 0 Å². The second-order valence-electron chi connectivity index (χ2n) is 3.93. The van der Waals surface area contributed by atoms with Crippen molar-refractivity contribution in [3.63, 3.8) is 0 Å². The molecular formula is C11H16N4O. The third-order valence-corrected chi connectivity index (χ3v) is 2.51. The van der Waals surface area contributed by atoms with Crippen molar-refractivity contribution in [1.82, 2.24) is 20.1 Å². The second-order valence-corrected chi connectivity index (χ2v) is 3.93. The van der Waals surface area contributed by atoms with Crippen LogP contribution in [0.4, 0.5) is 0 Å². The number of furan rings is 1.